The van der Waals surface area contributed by atoms with E-state index in [1.165, 1.54) is 16.7 Å². The number of aryl methyl sites for hydroxylation is 1. The van der Waals surface area contributed by atoms with Gasteiger partial charge in [-0.1, -0.05) is 69.3 Å². The predicted molar refractivity (Wildman–Crippen MR) is 136 cm³/mol. The highest BCUT2D eigenvalue weighted by Gasteiger charge is 2.13. The number of nitrogens with zero attached hydrogens (tertiary/aromatic N) is 2. The van der Waals surface area contributed by atoms with E-state index in [1.807, 2.05) is 53.3 Å². The molecule has 34 heavy (non-hydrogen) atoms. The maximum Gasteiger partial charge on any atom is 0.255 e. The Hall–Kier alpha value is -3.86. The second kappa shape index (κ2) is 9.96. The Labute approximate surface area is 201 Å². The van der Waals surface area contributed by atoms with E-state index in [-0.39, 0.29) is 11.3 Å². The molecular weight excluding hydrogens is 422 g/mol. The Morgan fingerprint density at radius 3 is 2.50 bits per heavy atom. The molecule has 3 aromatic carbocycles. The van der Waals surface area contributed by atoms with Gasteiger partial charge in [-0.05, 0) is 58.9 Å². The monoisotopic (exact) mass is 453 g/mol. The molecule has 1 N–H and O–H groups in total. The van der Waals surface area contributed by atoms with E-state index in [4.69, 9.17) is 4.74 Å². The number of rotatable bonds is 7. The maximum absolute atomic E-state index is 12.8. The molecular formula is C29H31N3O2. The van der Waals surface area contributed by atoms with Crippen LogP contribution in [0.25, 0.3) is 0 Å². The molecule has 1 amide bonds. The number of aromatic nitrogens is 2. The van der Waals surface area contributed by atoms with E-state index in [9.17, 15) is 4.79 Å². The van der Waals surface area contributed by atoms with E-state index in [0.29, 0.717) is 24.4 Å². The summed E-state index contributed by atoms with van der Waals surface area (Å²) in [5, 5.41) is 7.32. The van der Waals surface area contributed by atoms with Gasteiger partial charge in [-0.15, -0.1) is 0 Å². The standard InChI is InChI=1S/C29H31N3O2/c1-21-8-5-6-10-24(21)18-32-19-26(17-30-32)31-28(33)23-11-7-9-22(16-23)20-34-27-14-12-25(13-15-27)29(2,3)4/h5-17,19H,18,20H2,1-4H3,(H,31,33). The fourth-order valence-electron chi connectivity index (χ4n) is 3.70. The zero-order chi connectivity index (χ0) is 24.1. The molecule has 0 radical (unpaired) electrons. The van der Waals surface area contributed by atoms with E-state index in [2.05, 4.69) is 62.4 Å². The summed E-state index contributed by atoms with van der Waals surface area (Å²) in [6.07, 6.45) is 3.52. The van der Waals surface area contributed by atoms with Gasteiger partial charge in [0.25, 0.3) is 5.91 Å². The van der Waals surface area contributed by atoms with E-state index < -0.39 is 0 Å². The second-order valence-corrected chi connectivity index (χ2v) is 9.57. The lowest BCUT2D eigenvalue weighted by molar-refractivity contribution is 0.102. The highest BCUT2D eigenvalue weighted by Crippen LogP contribution is 2.24. The topological polar surface area (TPSA) is 56.2 Å². The molecule has 0 aliphatic carbocycles. The summed E-state index contributed by atoms with van der Waals surface area (Å²) in [7, 11) is 0. The molecule has 0 unspecified atom stereocenters. The summed E-state index contributed by atoms with van der Waals surface area (Å²) in [5.74, 6) is 0.635. The molecule has 4 rings (SSSR count). The van der Waals surface area contributed by atoms with Gasteiger partial charge in [-0.3, -0.25) is 9.48 Å². The summed E-state index contributed by atoms with van der Waals surface area (Å²) in [6, 6.07) is 23.9. The number of benzene rings is 3. The van der Waals surface area contributed by atoms with Crippen molar-refractivity contribution in [3.63, 3.8) is 0 Å². The van der Waals surface area contributed by atoms with Crippen molar-refractivity contribution < 1.29 is 9.53 Å². The Morgan fingerprint density at radius 2 is 1.76 bits per heavy atom. The van der Waals surface area contributed by atoms with Crippen molar-refractivity contribution in [2.24, 2.45) is 0 Å². The SMILES string of the molecule is Cc1ccccc1Cn1cc(NC(=O)c2cccc(COc3ccc(C(C)(C)C)cc3)c2)cn1. The molecule has 0 saturated heterocycles. The van der Waals surface area contributed by atoms with Gasteiger partial charge in [0, 0.05) is 11.8 Å². The van der Waals surface area contributed by atoms with Gasteiger partial charge in [0.1, 0.15) is 12.4 Å². The van der Waals surface area contributed by atoms with Crippen molar-refractivity contribution in [2.45, 2.75) is 46.3 Å². The first-order chi connectivity index (χ1) is 16.3. The van der Waals surface area contributed by atoms with Gasteiger partial charge in [0.15, 0.2) is 0 Å². The van der Waals surface area contributed by atoms with Crippen molar-refractivity contribution in [2.75, 3.05) is 5.32 Å². The van der Waals surface area contributed by atoms with Crippen molar-refractivity contribution in [1.29, 1.82) is 0 Å². The average Bonchev–Trinajstić information content (AvgIpc) is 3.26. The first-order valence-corrected chi connectivity index (χ1v) is 11.5. The van der Waals surface area contributed by atoms with Crippen LogP contribution in [0.4, 0.5) is 5.69 Å². The summed E-state index contributed by atoms with van der Waals surface area (Å²) < 4.78 is 7.76. The number of hydrogen-bond acceptors (Lipinski definition) is 3. The number of anilines is 1. The summed E-state index contributed by atoms with van der Waals surface area (Å²) in [6.45, 7) is 9.70. The van der Waals surface area contributed by atoms with Gasteiger partial charge >= 0.3 is 0 Å². The van der Waals surface area contributed by atoms with Gasteiger partial charge < -0.3 is 10.1 Å². The minimum Gasteiger partial charge on any atom is -0.489 e. The van der Waals surface area contributed by atoms with Crippen molar-refractivity contribution in [3.05, 3.63) is 113 Å². The number of nitrogens with one attached hydrogen (secondary N) is 1. The van der Waals surface area contributed by atoms with Crippen molar-refractivity contribution >= 4 is 11.6 Å². The maximum atomic E-state index is 12.8. The third kappa shape index (κ3) is 5.93. The van der Waals surface area contributed by atoms with Crippen LogP contribution >= 0.6 is 0 Å². The molecule has 5 nitrogen and oxygen atoms in total. The lowest BCUT2D eigenvalue weighted by Gasteiger charge is -2.19. The van der Waals surface area contributed by atoms with Crippen LogP contribution in [0.5, 0.6) is 5.75 Å². The Bertz CT molecular complexity index is 1270. The first-order valence-electron chi connectivity index (χ1n) is 11.5. The first kappa shape index (κ1) is 23.3. The fraction of sp³-hybridized carbons (Fsp3) is 0.241. The highest BCUT2D eigenvalue weighted by atomic mass is 16.5. The molecule has 0 aliphatic rings. The van der Waals surface area contributed by atoms with Crippen LogP contribution in [0.15, 0.2) is 85.2 Å². The average molecular weight is 454 g/mol. The third-order valence-electron chi connectivity index (χ3n) is 5.80. The van der Waals surface area contributed by atoms with E-state index in [1.54, 1.807) is 12.3 Å². The molecule has 0 bridgehead atoms. The van der Waals surface area contributed by atoms with Crippen LogP contribution in [0.3, 0.4) is 0 Å². The van der Waals surface area contributed by atoms with Crippen molar-refractivity contribution in [1.82, 2.24) is 9.78 Å². The normalized spacial score (nSPS) is 11.3. The Kier molecular flexibility index (Phi) is 6.82. The molecule has 1 aromatic heterocycles. The molecule has 0 atom stereocenters. The molecule has 0 saturated carbocycles. The van der Waals surface area contributed by atoms with Crippen LogP contribution in [-0.2, 0) is 18.6 Å². The number of hydrogen-bond donors (Lipinski definition) is 1. The van der Waals surface area contributed by atoms with Gasteiger partial charge in [-0.25, -0.2) is 0 Å². The lowest BCUT2D eigenvalue weighted by atomic mass is 9.87. The van der Waals surface area contributed by atoms with Crippen molar-refractivity contribution in [3.8, 4) is 5.75 Å². The minimum absolute atomic E-state index is 0.108. The second-order valence-electron chi connectivity index (χ2n) is 9.57. The van der Waals surface area contributed by atoms with Crippen LogP contribution in [0.1, 0.15) is 53.4 Å². The number of amides is 1. The molecule has 5 heteroatoms. The summed E-state index contributed by atoms with van der Waals surface area (Å²) >= 11 is 0. The summed E-state index contributed by atoms with van der Waals surface area (Å²) in [5.41, 5.74) is 5.97. The molecule has 4 aromatic rings. The Morgan fingerprint density at radius 1 is 1.00 bits per heavy atom. The number of carbonyl (C=O) groups is 1. The van der Waals surface area contributed by atoms with E-state index >= 15 is 0 Å². The largest absolute Gasteiger partial charge is 0.489 e. The molecule has 0 spiro atoms. The zero-order valence-electron chi connectivity index (χ0n) is 20.2. The van der Waals surface area contributed by atoms with Gasteiger partial charge in [0.05, 0.1) is 18.4 Å². The van der Waals surface area contributed by atoms with Crippen LogP contribution in [-0.4, -0.2) is 15.7 Å². The van der Waals surface area contributed by atoms with Gasteiger partial charge in [-0.2, -0.15) is 5.10 Å². The molecule has 1 heterocycles. The fourth-order valence-corrected chi connectivity index (χ4v) is 3.70. The van der Waals surface area contributed by atoms with Crippen LogP contribution in [0.2, 0.25) is 0 Å². The molecule has 0 aliphatic heterocycles. The predicted octanol–water partition coefficient (Wildman–Crippen LogP) is 6.37. The zero-order valence-corrected chi connectivity index (χ0v) is 20.2. The number of carbonyl (C=O) groups excluding carboxylic acids is 1. The molecule has 174 valence electrons. The Balaban J connectivity index is 1.36. The third-order valence-corrected chi connectivity index (χ3v) is 5.80. The summed E-state index contributed by atoms with van der Waals surface area (Å²) in [4.78, 5) is 12.8. The smallest absolute Gasteiger partial charge is 0.255 e. The van der Waals surface area contributed by atoms with Crippen LogP contribution < -0.4 is 10.1 Å². The number of ether oxygens (including phenoxy) is 1. The van der Waals surface area contributed by atoms with E-state index in [0.717, 1.165) is 11.3 Å². The lowest BCUT2D eigenvalue weighted by Crippen LogP contribution is -2.12. The van der Waals surface area contributed by atoms with Gasteiger partial charge in [0.2, 0.25) is 0 Å². The van der Waals surface area contributed by atoms with Crippen LogP contribution in [0, 0.1) is 6.92 Å². The minimum atomic E-state index is -0.174. The highest BCUT2D eigenvalue weighted by molar-refractivity contribution is 6.04. The molecule has 0 fully saturated rings. The quantitative estimate of drug-likeness (QED) is 0.354.